The van der Waals surface area contributed by atoms with E-state index < -0.39 is 22.8 Å². The molecule has 0 fully saturated rings. The summed E-state index contributed by atoms with van der Waals surface area (Å²) >= 11 is 0. The van der Waals surface area contributed by atoms with Crippen LogP contribution in [0.15, 0.2) is 23.2 Å². The molecule has 2 N–H and O–H groups in total. The fraction of sp³-hybridized carbons (Fsp3) is 0.583. The Hall–Kier alpha value is -1.10. The summed E-state index contributed by atoms with van der Waals surface area (Å²) in [6.45, 7) is 3.12. The average Bonchev–Trinajstić information content (AvgIpc) is 2.43. The average molecular weight is 378 g/mol. The van der Waals surface area contributed by atoms with Crippen LogP contribution < -0.4 is 14.8 Å². The molecule has 0 unspecified atom stereocenters. The second-order valence-corrected chi connectivity index (χ2v) is 6.31. The van der Waals surface area contributed by atoms with Crippen molar-refractivity contribution in [3.8, 4) is 5.88 Å². The first-order valence-electron chi connectivity index (χ1n) is 6.52. The monoisotopic (exact) mass is 377 g/mol. The lowest BCUT2D eigenvalue weighted by molar-refractivity contribution is -0.154. The fourth-order valence-corrected chi connectivity index (χ4v) is 2.58. The molecular weight excluding hydrogens is 359 g/mol. The lowest BCUT2D eigenvalue weighted by Gasteiger charge is -2.13. The largest absolute Gasteiger partial charge is 0.468 e. The minimum Gasteiger partial charge on any atom is -0.468 e. The van der Waals surface area contributed by atoms with Crippen LogP contribution in [0, 0.1) is 0 Å². The zero-order valence-corrected chi connectivity index (χ0v) is 14.2. The van der Waals surface area contributed by atoms with Gasteiger partial charge in [0.1, 0.15) is 4.90 Å². The summed E-state index contributed by atoms with van der Waals surface area (Å²) in [5.41, 5.74) is 0. The van der Waals surface area contributed by atoms with Gasteiger partial charge in [-0.2, -0.15) is 13.2 Å². The molecule has 0 spiro atoms. The first-order chi connectivity index (χ1) is 10.1. The second-order valence-electron chi connectivity index (χ2n) is 4.55. The summed E-state index contributed by atoms with van der Waals surface area (Å²) in [5.74, 6) is -0.294. The molecule has 0 amide bonds. The first kappa shape index (κ1) is 21.9. The van der Waals surface area contributed by atoms with E-state index in [1.54, 1.807) is 0 Å². The molecular formula is C12H19ClF3N3O3S. The van der Waals surface area contributed by atoms with Crippen molar-refractivity contribution in [3.05, 3.63) is 18.3 Å². The maximum atomic E-state index is 12.0. The van der Waals surface area contributed by atoms with Crippen LogP contribution in [0.3, 0.4) is 0 Å². The Bertz CT molecular complexity index is 567. The maximum Gasteiger partial charge on any atom is 0.422 e. The highest BCUT2D eigenvalue weighted by Gasteiger charge is 2.28. The third-order valence-electron chi connectivity index (χ3n) is 2.54. The van der Waals surface area contributed by atoms with Crippen molar-refractivity contribution in [1.29, 1.82) is 0 Å². The van der Waals surface area contributed by atoms with Gasteiger partial charge in [0.25, 0.3) is 0 Å². The number of aromatic nitrogens is 1. The van der Waals surface area contributed by atoms with E-state index in [0.29, 0.717) is 6.54 Å². The smallest absolute Gasteiger partial charge is 0.422 e. The predicted octanol–water partition coefficient (Wildman–Crippen LogP) is 1.72. The number of halogens is 4. The van der Waals surface area contributed by atoms with Gasteiger partial charge in [-0.3, -0.25) is 0 Å². The van der Waals surface area contributed by atoms with Crippen LogP contribution in [-0.4, -0.2) is 45.3 Å². The number of hydrogen-bond acceptors (Lipinski definition) is 5. The van der Waals surface area contributed by atoms with E-state index in [0.717, 1.165) is 18.3 Å². The van der Waals surface area contributed by atoms with Gasteiger partial charge in [-0.1, -0.05) is 6.92 Å². The molecule has 1 aromatic heterocycles. The third kappa shape index (κ3) is 8.35. The zero-order chi connectivity index (χ0) is 16.8. The van der Waals surface area contributed by atoms with Crippen molar-refractivity contribution >= 4 is 22.4 Å². The first-order valence-corrected chi connectivity index (χ1v) is 8.01. The maximum absolute atomic E-state index is 12.0. The molecule has 0 saturated carbocycles. The number of hydrogen-bond donors (Lipinski definition) is 2. The summed E-state index contributed by atoms with van der Waals surface area (Å²) in [5, 5.41) is 3.04. The summed E-state index contributed by atoms with van der Waals surface area (Å²) < 4.78 is 66.7. The van der Waals surface area contributed by atoms with Crippen molar-refractivity contribution in [3.63, 3.8) is 0 Å². The molecule has 1 aromatic rings. The third-order valence-corrected chi connectivity index (χ3v) is 3.94. The van der Waals surface area contributed by atoms with Crippen LogP contribution in [-0.2, 0) is 10.0 Å². The van der Waals surface area contributed by atoms with Crippen LogP contribution >= 0.6 is 12.4 Å². The van der Waals surface area contributed by atoms with Gasteiger partial charge in [-0.25, -0.2) is 18.1 Å². The molecule has 0 aromatic carbocycles. The van der Waals surface area contributed by atoms with E-state index >= 15 is 0 Å². The molecule has 23 heavy (non-hydrogen) atoms. The zero-order valence-electron chi connectivity index (χ0n) is 12.6. The molecule has 6 nitrogen and oxygen atoms in total. The Balaban J connectivity index is 0.00000484. The molecule has 0 saturated heterocycles. The highest BCUT2D eigenvalue weighted by Crippen LogP contribution is 2.18. The van der Waals surface area contributed by atoms with E-state index in [-0.39, 0.29) is 35.8 Å². The quantitative estimate of drug-likeness (QED) is 0.721. The van der Waals surface area contributed by atoms with E-state index in [1.165, 1.54) is 0 Å². The minimum absolute atomic E-state index is 0. The lowest BCUT2D eigenvalue weighted by atomic mass is 10.3. The second kappa shape index (κ2) is 9.26. The minimum atomic E-state index is -4.48. The molecule has 1 heterocycles. The van der Waals surface area contributed by atoms with Crippen LogP contribution in [0.4, 0.5) is 13.2 Å². The number of sulfonamides is 1. The van der Waals surface area contributed by atoms with E-state index in [9.17, 15) is 21.6 Å². The summed E-state index contributed by atoms with van der Waals surface area (Å²) in [7, 11) is -3.76. The molecule has 0 aliphatic rings. The highest BCUT2D eigenvalue weighted by molar-refractivity contribution is 7.89. The topological polar surface area (TPSA) is 80.3 Å². The van der Waals surface area contributed by atoms with Gasteiger partial charge < -0.3 is 10.1 Å². The molecule has 1 rings (SSSR count). The molecule has 1 atom stereocenters. The van der Waals surface area contributed by atoms with E-state index in [2.05, 4.69) is 19.8 Å². The number of nitrogens with one attached hydrogen (secondary N) is 2. The van der Waals surface area contributed by atoms with Gasteiger partial charge in [0.15, 0.2) is 6.61 Å². The number of rotatable bonds is 8. The Kier molecular flexibility index (Phi) is 8.82. The standard InChI is InChI=1S/C12H18F3N3O3S.ClH/c1-3-16-9(2)6-18-22(19,20)10-4-5-11(17-7-10)21-8-12(13,14)15;/h4-5,7,9,16,18H,3,6,8H2,1-2H3;1H/t9-;/m1./s1. The molecule has 11 heteroatoms. The highest BCUT2D eigenvalue weighted by atomic mass is 35.5. The van der Waals surface area contributed by atoms with Gasteiger partial charge in [-0.05, 0) is 19.5 Å². The van der Waals surface area contributed by atoms with Crippen LogP contribution in [0.5, 0.6) is 5.88 Å². The van der Waals surface area contributed by atoms with Crippen molar-refractivity contribution in [1.82, 2.24) is 15.0 Å². The number of ether oxygens (including phenoxy) is 1. The van der Waals surface area contributed by atoms with Gasteiger partial charge in [0.2, 0.25) is 15.9 Å². The number of likely N-dealkylation sites (N-methyl/N-ethyl adjacent to an activating group) is 1. The van der Waals surface area contributed by atoms with E-state index in [1.807, 2.05) is 13.8 Å². The summed E-state index contributed by atoms with van der Waals surface area (Å²) in [4.78, 5) is 3.41. The normalized spacial score (nSPS) is 13.3. The molecule has 0 bridgehead atoms. The molecule has 0 aliphatic carbocycles. The van der Waals surface area contributed by atoms with Crippen molar-refractivity contribution < 1.29 is 26.3 Å². The summed E-state index contributed by atoms with van der Waals surface area (Å²) in [6, 6.07) is 2.16. The number of nitrogens with zero attached hydrogens (tertiary/aromatic N) is 1. The number of pyridine rings is 1. The number of alkyl halides is 3. The predicted molar refractivity (Wildman–Crippen MR) is 81.4 cm³/mol. The van der Waals surface area contributed by atoms with Gasteiger partial charge in [0.05, 0.1) is 6.20 Å². The summed E-state index contributed by atoms with van der Waals surface area (Å²) in [6.07, 6.45) is -3.53. The molecule has 0 radical (unpaired) electrons. The van der Waals surface area contributed by atoms with Crippen molar-refractivity contribution in [2.75, 3.05) is 19.7 Å². The molecule has 0 aliphatic heterocycles. The Morgan fingerprint density at radius 2 is 2.00 bits per heavy atom. The van der Waals surface area contributed by atoms with E-state index in [4.69, 9.17) is 0 Å². The van der Waals surface area contributed by atoms with Gasteiger partial charge in [0, 0.05) is 18.7 Å². The van der Waals surface area contributed by atoms with Gasteiger partial charge in [-0.15, -0.1) is 12.4 Å². The van der Waals surface area contributed by atoms with Crippen LogP contribution in [0.25, 0.3) is 0 Å². The van der Waals surface area contributed by atoms with Crippen molar-refractivity contribution in [2.45, 2.75) is 31.0 Å². The molecule has 134 valence electrons. The van der Waals surface area contributed by atoms with Gasteiger partial charge >= 0.3 is 6.18 Å². The van der Waals surface area contributed by atoms with Crippen molar-refractivity contribution in [2.24, 2.45) is 0 Å². The SMILES string of the molecule is CCN[C@H](C)CNS(=O)(=O)c1ccc(OCC(F)(F)F)nc1.Cl. The Morgan fingerprint density at radius 3 is 2.48 bits per heavy atom. The Morgan fingerprint density at radius 1 is 1.35 bits per heavy atom. The lowest BCUT2D eigenvalue weighted by Crippen LogP contribution is -2.38. The van der Waals surface area contributed by atoms with Crippen LogP contribution in [0.2, 0.25) is 0 Å². The van der Waals surface area contributed by atoms with Crippen LogP contribution in [0.1, 0.15) is 13.8 Å². The Labute approximate surface area is 139 Å². The fourth-order valence-electron chi connectivity index (χ4n) is 1.51.